The predicted molar refractivity (Wildman–Crippen MR) is 147 cm³/mol. The van der Waals surface area contributed by atoms with Crippen molar-refractivity contribution in [2.45, 2.75) is 58.3 Å². The molecule has 6 nitrogen and oxygen atoms in total. The molecule has 0 saturated heterocycles. The summed E-state index contributed by atoms with van der Waals surface area (Å²) >= 11 is 0. The number of halogens is 2. The fraction of sp³-hybridized carbons (Fsp3) is 0.355. The lowest BCUT2D eigenvalue weighted by molar-refractivity contribution is 0.0543. The lowest BCUT2D eigenvalue weighted by atomic mass is 9.90. The van der Waals surface area contributed by atoms with E-state index in [2.05, 4.69) is 15.2 Å². The number of fused-ring (bicyclic) bond motifs is 2. The van der Waals surface area contributed by atoms with E-state index in [9.17, 15) is 13.6 Å². The molecule has 1 aliphatic heterocycles. The third kappa shape index (κ3) is 6.69. The Kier molecular flexibility index (Phi) is 7.77. The number of carbonyl (C=O) groups excluding carboxylic acids is 1. The van der Waals surface area contributed by atoms with Crippen LogP contribution in [0.2, 0.25) is 0 Å². The van der Waals surface area contributed by atoms with Crippen molar-refractivity contribution >= 4 is 17.1 Å². The van der Waals surface area contributed by atoms with Gasteiger partial charge in [-0.25, -0.2) is 23.1 Å². The minimum absolute atomic E-state index is 0.194. The molecule has 204 valence electrons. The number of benzene rings is 3. The number of ether oxygens (including phenoxy) is 1. The van der Waals surface area contributed by atoms with Crippen molar-refractivity contribution in [3.63, 3.8) is 0 Å². The lowest BCUT2D eigenvalue weighted by Gasteiger charge is -2.37. The average Bonchev–Trinajstić information content (AvgIpc) is 3.31. The van der Waals surface area contributed by atoms with Crippen LogP contribution < -0.4 is 5.32 Å². The summed E-state index contributed by atoms with van der Waals surface area (Å²) in [6.45, 7) is 8.49. The maximum Gasteiger partial charge on any atom is 0.420 e. The number of nitrogens with zero attached hydrogens (tertiary/aromatic N) is 3. The topological polar surface area (TPSA) is 59.4 Å². The normalized spacial score (nSPS) is 15.9. The van der Waals surface area contributed by atoms with E-state index in [0.717, 1.165) is 60.2 Å². The Labute approximate surface area is 227 Å². The molecule has 1 unspecified atom stereocenters. The Morgan fingerprint density at radius 3 is 2.51 bits per heavy atom. The standard InChI is InChI=1S/C31H34F2N4O2/c1-31(2,3)39-30(38)37-20-35-28-15-22(6-11-29(28)37)18-34-12-13-36-19-23-7-10-26(33)16-24(23)17-27(36)14-21-4-8-25(32)9-5-21/h4-11,15-16,20,27,34H,12-14,17-19H2,1-3H3. The molecule has 8 heteroatoms. The van der Waals surface area contributed by atoms with Crippen molar-refractivity contribution < 1.29 is 18.3 Å². The Morgan fingerprint density at radius 2 is 1.74 bits per heavy atom. The van der Waals surface area contributed by atoms with Crippen molar-refractivity contribution in [2.75, 3.05) is 13.1 Å². The number of rotatable bonds is 7. The molecule has 0 fully saturated rings. The number of carbonyl (C=O) groups is 1. The molecular formula is C31H34F2N4O2. The molecule has 4 aromatic rings. The first-order valence-corrected chi connectivity index (χ1v) is 13.3. The minimum atomic E-state index is -0.581. The average molecular weight is 533 g/mol. The van der Waals surface area contributed by atoms with Gasteiger partial charge in [0.2, 0.25) is 0 Å². The van der Waals surface area contributed by atoms with Crippen molar-refractivity contribution in [3.05, 3.63) is 101 Å². The highest BCUT2D eigenvalue weighted by Crippen LogP contribution is 2.26. The number of hydrogen-bond acceptors (Lipinski definition) is 5. The second-order valence-corrected chi connectivity index (χ2v) is 11.2. The fourth-order valence-electron chi connectivity index (χ4n) is 5.11. The van der Waals surface area contributed by atoms with E-state index < -0.39 is 11.7 Å². The minimum Gasteiger partial charge on any atom is -0.443 e. The molecule has 0 bridgehead atoms. The molecular weight excluding hydrogens is 498 g/mol. The van der Waals surface area contributed by atoms with Gasteiger partial charge in [-0.15, -0.1) is 0 Å². The summed E-state index contributed by atoms with van der Waals surface area (Å²) in [5.74, 6) is -0.456. The molecule has 0 spiro atoms. The van der Waals surface area contributed by atoms with Gasteiger partial charge in [0.25, 0.3) is 0 Å². The van der Waals surface area contributed by atoms with Gasteiger partial charge in [0.15, 0.2) is 0 Å². The van der Waals surface area contributed by atoms with Crippen molar-refractivity contribution in [1.29, 1.82) is 0 Å². The van der Waals surface area contributed by atoms with Gasteiger partial charge in [0.1, 0.15) is 23.6 Å². The van der Waals surface area contributed by atoms with Crippen molar-refractivity contribution in [2.24, 2.45) is 0 Å². The van der Waals surface area contributed by atoms with E-state index in [-0.39, 0.29) is 17.7 Å². The molecule has 0 saturated carbocycles. The Bertz CT molecular complexity index is 1460. The summed E-state index contributed by atoms with van der Waals surface area (Å²) in [7, 11) is 0. The zero-order valence-electron chi connectivity index (χ0n) is 22.6. The van der Waals surface area contributed by atoms with Gasteiger partial charge >= 0.3 is 6.09 Å². The second kappa shape index (κ2) is 11.2. The zero-order chi connectivity index (χ0) is 27.6. The van der Waals surface area contributed by atoms with E-state index >= 15 is 0 Å². The van der Waals surface area contributed by atoms with Crippen LogP contribution in [0, 0.1) is 11.6 Å². The smallest absolute Gasteiger partial charge is 0.420 e. The van der Waals surface area contributed by atoms with Crippen molar-refractivity contribution in [1.82, 2.24) is 19.8 Å². The molecule has 1 N–H and O–H groups in total. The maximum absolute atomic E-state index is 13.9. The van der Waals surface area contributed by atoms with Crippen LogP contribution in [0.1, 0.15) is 43.0 Å². The first kappa shape index (κ1) is 27.0. The van der Waals surface area contributed by atoms with Gasteiger partial charge in [-0.3, -0.25) is 4.90 Å². The summed E-state index contributed by atoms with van der Waals surface area (Å²) in [5.41, 5.74) is 5.20. The zero-order valence-corrected chi connectivity index (χ0v) is 22.6. The summed E-state index contributed by atoms with van der Waals surface area (Å²) in [4.78, 5) is 19.3. The number of hydrogen-bond donors (Lipinski definition) is 1. The third-order valence-corrected chi connectivity index (χ3v) is 7.01. The van der Waals surface area contributed by atoms with E-state index in [1.165, 1.54) is 29.1 Å². The Balaban J connectivity index is 1.21. The van der Waals surface area contributed by atoms with Crippen LogP contribution in [0.5, 0.6) is 0 Å². The molecule has 39 heavy (non-hydrogen) atoms. The number of imidazole rings is 1. The molecule has 2 heterocycles. The van der Waals surface area contributed by atoms with Crippen LogP contribution >= 0.6 is 0 Å². The monoisotopic (exact) mass is 532 g/mol. The predicted octanol–water partition coefficient (Wildman–Crippen LogP) is 5.86. The summed E-state index contributed by atoms with van der Waals surface area (Å²) in [5, 5.41) is 3.52. The van der Waals surface area contributed by atoms with E-state index in [1.54, 1.807) is 6.07 Å². The van der Waals surface area contributed by atoms with Crippen LogP contribution in [-0.4, -0.2) is 45.3 Å². The van der Waals surface area contributed by atoms with Crippen LogP contribution in [0.15, 0.2) is 67.0 Å². The van der Waals surface area contributed by atoms with Gasteiger partial charge in [0, 0.05) is 32.2 Å². The molecule has 5 rings (SSSR count). The van der Waals surface area contributed by atoms with Gasteiger partial charge in [-0.1, -0.05) is 24.3 Å². The highest BCUT2D eigenvalue weighted by Gasteiger charge is 2.26. The highest BCUT2D eigenvalue weighted by atomic mass is 19.1. The number of nitrogens with one attached hydrogen (secondary N) is 1. The van der Waals surface area contributed by atoms with E-state index in [1.807, 2.05) is 57.2 Å². The Morgan fingerprint density at radius 1 is 1.00 bits per heavy atom. The summed E-state index contributed by atoms with van der Waals surface area (Å²) in [6.07, 6.45) is 2.57. The van der Waals surface area contributed by atoms with Gasteiger partial charge in [0.05, 0.1) is 11.0 Å². The fourth-order valence-corrected chi connectivity index (χ4v) is 5.11. The quantitative estimate of drug-likeness (QED) is 0.302. The summed E-state index contributed by atoms with van der Waals surface area (Å²) < 4.78 is 34.2. The summed E-state index contributed by atoms with van der Waals surface area (Å²) in [6, 6.07) is 17.7. The molecule has 1 aliphatic rings. The van der Waals surface area contributed by atoms with E-state index in [4.69, 9.17) is 4.74 Å². The molecule has 1 aromatic heterocycles. The van der Waals surface area contributed by atoms with Crippen LogP contribution in [0.25, 0.3) is 11.0 Å². The molecule has 0 radical (unpaired) electrons. The Hall–Kier alpha value is -3.62. The van der Waals surface area contributed by atoms with Crippen LogP contribution in [0.4, 0.5) is 13.6 Å². The van der Waals surface area contributed by atoms with Crippen LogP contribution in [0.3, 0.4) is 0 Å². The lowest BCUT2D eigenvalue weighted by Crippen LogP contribution is -2.44. The van der Waals surface area contributed by atoms with Gasteiger partial charge in [-0.05, 0) is 92.3 Å². The molecule has 0 amide bonds. The third-order valence-electron chi connectivity index (χ3n) is 7.01. The van der Waals surface area contributed by atoms with Gasteiger partial charge < -0.3 is 10.1 Å². The maximum atomic E-state index is 13.9. The largest absolute Gasteiger partial charge is 0.443 e. The molecule has 3 aromatic carbocycles. The van der Waals surface area contributed by atoms with Crippen LogP contribution in [-0.2, 0) is 30.7 Å². The second-order valence-electron chi connectivity index (χ2n) is 11.2. The number of aromatic nitrogens is 2. The van der Waals surface area contributed by atoms with Gasteiger partial charge in [-0.2, -0.15) is 0 Å². The molecule has 0 aliphatic carbocycles. The van der Waals surface area contributed by atoms with Crippen molar-refractivity contribution in [3.8, 4) is 0 Å². The first-order chi connectivity index (χ1) is 18.6. The first-order valence-electron chi connectivity index (χ1n) is 13.3. The van der Waals surface area contributed by atoms with E-state index in [0.29, 0.717) is 12.1 Å². The highest BCUT2D eigenvalue weighted by molar-refractivity contribution is 5.86. The molecule has 1 atom stereocenters. The SMILES string of the molecule is CC(C)(C)OC(=O)n1cnc2cc(CNCCN3Cc4ccc(F)cc4CC3Cc3ccc(F)cc3)ccc21.